The Morgan fingerprint density at radius 1 is 1.12 bits per heavy atom. The lowest BCUT2D eigenvalue weighted by Crippen LogP contribution is -2.43. The van der Waals surface area contributed by atoms with E-state index in [-0.39, 0.29) is 22.5 Å². The molecule has 1 N–H and O–H groups in total. The molecule has 2 aliphatic rings. The van der Waals surface area contributed by atoms with Crippen LogP contribution in [0.3, 0.4) is 0 Å². The molecule has 0 aliphatic heterocycles. The van der Waals surface area contributed by atoms with Gasteiger partial charge >= 0.3 is 0 Å². The van der Waals surface area contributed by atoms with Crippen molar-refractivity contribution in [2.24, 2.45) is 16.2 Å². The van der Waals surface area contributed by atoms with Gasteiger partial charge in [0.25, 0.3) is 0 Å². The van der Waals surface area contributed by atoms with E-state index in [4.69, 9.17) is 0 Å². The Hall–Kier alpha value is -2.23. The number of benzene rings is 1. The van der Waals surface area contributed by atoms with Crippen molar-refractivity contribution in [2.75, 3.05) is 5.32 Å². The second kappa shape index (κ2) is 4.65. The minimum absolute atomic E-state index is 0.0415. The Kier molecular flexibility index (Phi) is 2.97. The van der Waals surface area contributed by atoms with Crippen molar-refractivity contribution in [3.8, 4) is 0 Å². The summed E-state index contributed by atoms with van der Waals surface area (Å²) in [5.74, 6) is 0.185. The van der Waals surface area contributed by atoms with Crippen LogP contribution in [0.2, 0.25) is 0 Å². The van der Waals surface area contributed by atoms with Crippen LogP contribution >= 0.6 is 0 Å². The highest BCUT2D eigenvalue weighted by Gasteiger charge is 2.72. The number of rotatable bonds is 2. The largest absolute Gasteiger partial charge is 0.324 e. The van der Waals surface area contributed by atoms with Gasteiger partial charge in [-0.1, -0.05) is 39.0 Å². The Bertz CT molecular complexity index is 868. The topological polar surface area (TPSA) is 59.1 Å². The fraction of sp³-hybridized carbons (Fsp3) is 0.450. The van der Waals surface area contributed by atoms with Crippen molar-refractivity contribution >= 4 is 28.3 Å². The number of anilines is 1. The van der Waals surface area contributed by atoms with Gasteiger partial charge in [0.05, 0.1) is 16.6 Å². The maximum absolute atomic E-state index is 13.3. The lowest BCUT2D eigenvalue weighted by Gasteiger charge is -2.38. The number of hydrogen-bond acceptors (Lipinski definition) is 3. The minimum atomic E-state index is -0.615. The summed E-state index contributed by atoms with van der Waals surface area (Å²) in [4.78, 5) is 30.2. The average Bonchev–Trinajstić information content (AvgIpc) is 2.85. The first-order chi connectivity index (χ1) is 11.3. The van der Waals surface area contributed by atoms with Crippen LogP contribution in [0.25, 0.3) is 10.9 Å². The molecule has 2 aliphatic carbocycles. The van der Waals surface area contributed by atoms with Crippen molar-refractivity contribution in [1.82, 2.24) is 4.98 Å². The van der Waals surface area contributed by atoms with Crippen LogP contribution < -0.4 is 5.32 Å². The highest BCUT2D eigenvalue weighted by molar-refractivity contribution is 6.07. The quantitative estimate of drug-likeness (QED) is 0.910. The number of fused-ring (bicyclic) bond motifs is 3. The first-order valence-corrected chi connectivity index (χ1v) is 8.50. The maximum Gasteiger partial charge on any atom is 0.231 e. The number of amides is 1. The van der Waals surface area contributed by atoms with Crippen molar-refractivity contribution in [3.05, 3.63) is 36.5 Å². The molecule has 1 amide bonds. The summed E-state index contributed by atoms with van der Waals surface area (Å²) >= 11 is 0. The Balaban J connectivity index is 1.74. The summed E-state index contributed by atoms with van der Waals surface area (Å²) in [7, 11) is 0. The van der Waals surface area contributed by atoms with Crippen molar-refractivity contribution in [2.45, 2.75) is 40.0 Å². The molecule has 4 nitrogen and oxygen atoms in total. The number of nitrogens with one attached hydrogen (secondary N) is 1. The fourth-order valence-electron chi connectivity index (χ4n) is 4.81. The van der Waals surface area contributed by atoms with E-state index in [9.17, 15) is 9.59 Å². The number of nitrogens with zero attached hydrogens (tertiary/aromatic N) is 1. The molecule has 0 radical (unpaired) electrons. The van der Waals surface area contributed by atoms with Crippen LogP contribution in [-0.4, -0.2) is 16.7 Å². The van der Waals surface area contributed by atoms with Crippen LogP contribution in [-0.2, 0) is 9.59 Å². The van der Waals surface area contributed by atoms with Crippen molar-refractivity contribution in [3.63, 3.8) is 0 Å². The molecular formula is C20H22N2O2. The smallest absolute Gasteiger partial charge is 0.231 e. The molecule has 2 fully saturated rings. The molecule has 2 bridgehead atoms. The van der Waals surface area contributed by atoms with Gasteiger partial charge in [-0.25, -0.2) is 0 Å². The molecule has 124 valence electrons. The van der Waals surface area contributed by atoms with E-state index in [0.717, 1.165) is 29.4 Å². The van der Waals surface area contributed by atoms with Gasteiger partial charge in [-0.3, -0.25) is 14.6 Å². The second-order valence-electron chi connectivity index (χ2n) is 7.97. The van der Waals surface area contributed by atoms with E-state index in [1.165, 1.54) is 0 Å². The number of Topliss-reactive ketones (excluding diaryl/α,β-unsaturated/α-hetero) is 1. The SMILES string of the molecule is CC1(C)[C@]2(C(=O)Nc3cccc4cccnc34)CC[C@]1(C)C(=O)C2. The van der Waals surface area contributed by atoms with Gasteiger partial charge in [0.1, 0.15) is 5.78 Å². The van der Waals surface area contributed by atoms with Gasteiger partial charge in [0.15, 0.2) is 0 Å². The predicted octanol–water partition coefficient (Wildman–Crippen LogP) is 3.96. The summed E-state index contributed by atoms with van der Waals surface area (Å²) in [5.41, 5.74) is 0.167. The number of ketones is 1. The van der Waals surface area contributed by atoms with Crippen LogP contribution in [0.1, 0.15) is 40.0 Å². The number of hydrogen-bond donors (Lipinski definition) is 1. The van der Waals surface area contributed by atoms with Gasteiger partial charge < -0.3 is 5.32 Å². The summed E-state index contributed by atoms with van der Waals surface area (Å²) < 4.78 is 0. The predicted molar refractivity (Wildman–Crippen MR) is 93.6 cm³/mol. The highest BCUT2D eigenvalue weighted by Crippen LogP contribution is 2.70. The zero-order chi connectivity index (χ0) is 17.2. The third-order valence-corrected chi connectivity index (χ3v) is 7.02. The molecule has 4 heteroatoms. The number of pyridine rings is 1. The summed E-state index contributed by atoms with van der Waals surface area (Å²) in [6, 6.07) is 9.63. The van der Waals surface area contributed by atoms with Crippen LogP contribution in [0, 0.1) is 16.2 Å². The number of aromatic nitrogens is 1. The molecule has 24 heavy (non-hydrogen) atoms. The Morgan fingerprint density at radius 2 is 1.88 bits per heavy atom. The number of carbonyl (C=O) groups excluding carboxylic acids is 2. The van der Waals surface area contributed by atoms with Crippen molar-refractivity contribution in [1.29, 1.82) is 0 Å². The maximum atomic E-state index is 13.3. The summed E-state index contributed by atoms with van der Waals surface area (Å²) in [5, 5.41) is 4.08. The van der Waals surface area contributed by atoms with Gasteiger partial charge in [-0.2, -0.15) is 0 Å². The normalized spacial score (nSPS) is 30.7. The molecule has 1 aromatic heterocycles. The van der Waals surface area contributed by atoms with Crippen LogP contribution in [0.5, 0.6) is 0 Å². The van der Waals surface area contributed by atoms with E-state index in [1.54, 1.807) is 6.20 Å². The first kappa shape index (κ1) is 15.3. The molecule has 1 heterocycles. The van der Waals surface area contributed by atoms with E-state index in [0.29, 0.717) is 6.42 Å². The van der Waals surface area contributed by atoms with E-state index >= 15 is 0 Å². The molecule has 0 spiro atoms. The van der Waals surface area contributed by atoms with E-state index in [2.05, 4.69) is 24.1 Å². The highest BCUT2D eigenvalue weighted by atomic mass is 16.2. The third-order valence-electron chi connectivity index (χ3n) is 7.02. The van der Waals surface area contributed by atoms with Gasteiger partial charge in [-0.15, -0.1) is 0 Å². The molecule has 2 atom stereocenters. The van der Waals surface area contributed by atoms with E-state index in [1.807, 2.05) is 37.3 Å². The lowest BCUT2D eigenvalue weighted by atomic mass is 9.64. The molecule has 0 saturated heterocycles. The fourth-order valence-corrected chi connectivity index (χ4v) is 4.81. The van der Waals surface area contributed by atoms with Crippen LogP contribution in [0.15, 0.2) is 36.5 Å². The molecule has 4 rings (SSSR count). The minimum Gasteiger partial charge on any atom is -0.324 e. The van der Waals surface area contributed by atoms with Crippen LogP contribution in [0.4, 0.5) is 5.69 Å². The monoisotopic (exact) mass is 322 g/mol. The van der Waals surface area contributed by atoms with Gasteiger partial charge in [0.2, 0.25) is 5.91 Å². The molecule has 2 aromatic rings. The average molecular weight is 322 g/mol. The Morgan fingerprint density at radius 3 is 2.54 bits per heavy atom. The first-order valence-electron chi connectivity index (χ1n) is 8.50. The number of para-hydroxylation sites is 1. The molecule has 2 saturated carbocycles. The zero-order valence-corrected chi connectivity index (χ0v) is 14.3. The van der Waals surface area contributed by atoms with Gasteiger partial charge in [0, 0.05) is 23.4 Å². The second-order valence-corrected chi connectivity index (χ2v) is 7.97. The van der Waals surface area contributed by atoms with E-state index < -0.39 is 5.41 Å². The van der Waals surface area contributed by atoms with Gasteiger partial charge in [-0.05, 0) is 30.4 Å². The third kappa shape index (κ3) is 1.66. The molecular weight excluding hydrogens is 300 g/mol. The summed E-state index contributed by atoms with van der Waals surface area (Å²) in [6.07, 6.45) is 3.64. The molecule has 1 aromatic carbocycles. The van der Waals surface area contributed by atoms with Crippen molar-refractivity contribution < 1.29 is 9.59 Å². The zero-order valence-electron chi connectivity index (χ0n) is 14.3. The summed E-state index contributed by atoms with van der Waals surface area (Å²) in [6.45, 7) is 6.18. The number of carbonyl (C=O) groups is 2. The lowest BCUT2D eigenvalue weighted by molar-refractivity contribution is -0.131. The Labute approximate surface area is 141 Å². The standard InChI is InChI=1S/C20H22N2O2/c1-18(2)19(3)9-10-20(18,12-15(19)23)17(24)22-14-8-4-6-13-7-5-11-21-16(13)14/h4-8,11H,9-10,12H2,1-3H3,(H,22,24)/t19-,20-/m1/s1. The molecule has 0 unspecified atom stereocenters.